The summed E-state index contributed by atoms with van der Waals surface area (Å²) in [5, 5.41) is 1.24. The van der Waals surface area contributed by atoms with Crippen molar-refractivity contribution in [1.29, 1.82) is 0 Å². The summed E-state index contributed by atoms with van der Waals surface area (Å²) in [5.74, 6) is 0. The SMILES string of the molecule is NCc1cnc2ccccc2c1N1CCN2CCCC2C1. The van der Waals surface area contributed by atoms with Crippen LogP contribution in [0.2, 0.25) is 0 Å². The van der Waals surface area contributed by atoms with Crippen LogP contribution in [0.3, 0.4) is 0 Å². The highest BCUT2D eigenvalue weighted by molar-refractivity contribution is 5.93. The summed E-state index contributed by atoms with van der Waals surface area (Å²) in [7, 11) is 0. The molecule has 1 aromatic heterocycles. The van der Waals surface area contributed by atoms with E-state index in [9.17, 15) is 0 Å². The number of pyridine rings is 1. The van der Waals surface area contributed by atoms with Gasteiger partial charge in [0, 0.05) is 49.4 Å². The van der Waals surface area contributed by atoms with E-state index in [1.165, 1.54) is 42.6 Å². The Morgan fingerprint density at radius 1 is 1.19 bits per heavy atom. The van der Waals surface area contributed by atoms with Crippen molar-refractivity contribution in [1.82, 2.24) is 9.88 Å². The van der Waals surface area contributed by atoms with Crippen LogP contribution >= 0.6 is 0 Å². The van der Waals surface area contributed by atoms with Crippen LogP contribution in [0.25, 0.3) is 10.9 Å². The monoisotopic (exact) mass is 282 g/mol. The molecule has 0 saturated carbocycles. The molecule has 3 heterocycles. The van der Waals surface area contributed by atoms with Crippen LogP contribution in [0, 0.1) is 0 Å². The van der Waals surface area contributed by atoms with E-state index < -0.39 is 0 Å². The molecule has 110 valence electrons. The van der Waals surface area contributed by atoms with Gasteiger partial charge >= 0.3 is 0 Å². The van der Waals surface area contributed by atoms with Crippen molar-refractivity contribution >= 4 is 16.6 Å². The molecule has 4 heteroatoms. The largest absolute Gasteiger partial charge is 0.368 e. The van der Waals surface area contributed by atoms with Crippen LogP contribution in [-0.4, -0.2) is 42.1 Å². The van der Waals surface area contributed by atoms with Gasteiger partial charge in [0.05, 0.1) is 11.2 Å². The molecule has 4 nitrogen and oxygen atoms in total. The number of nitrogens with two attached hydrogens (primary N) is 1. The van der Waals surface area contributed by atoms with Gasteiger partial charge in [0.2, 0.25) is 0 Å². The fraction of sp³-hybridized carbons (Fsp3) is 0.471. The number of hydrogen-bond acceptors (Lipinski definition) is 4. The Balaban J connectivity index is 1.77. The Kier molecular flexibility index (Phi) is 3.28. The molecule has 1 aromatic carbocycles. The van der Waals surface area contributed by atoms with Gasteiger partial charge < -0.3 is 10.6 Å². The lowest BCUT2D eigenvalue weighted by Gasteiger charge is -2.40. The summed E-state index contributed by atoms with van der Waals surface area (Å²) in [6.07, 6.45) is 4.63. The first-order valence-electron chi connectivity index (χ1n) is 7.92. The van der Waals surface area contributed by atoms with E-state index in [1.807, 2.05) is 6.20 Å². The zero-order valence-corrected chi connectivity index (χ0v) is 12.3. The molecule has 4 rings (SSSR count). The second kappa shape index (κ2) is 5.28. The van der Waals surface area contributed by atoms with Crippen molar-refractivity contribution in [2.75, 3.05) is 31.1 Å². The van der Waals surface area contributed by atoms with Crippen molar-refractivity contribution in [3.63, 3.8) is 0 Å². The number of nitrogens with zero attached hydrogens (tertiary/aromatic N) is 3. The predicted octanol–water partition coefficient (Wildman–Crippen LogP) is 1.98. The third-order valence-corrected chi connectivity index (χ3v) is 4.95. The first-order chi connectivity index (χ1) is 10.4. The number of piperazine rings is 1. The average Bonchev–Trinajstić information content (AvgIpc) is 3.01. The van der Waals surface area contributed by atoms with E-state index in [4.69, 9.17) is 5.73 Å². The lowest BCUT2D eigenvalue weighted by molar-refractivity contribution is 0.231. The van der Waals surface area contributed by atoms with Gasteiger partial charge in [-0.25, -0.2) is 0 Å². The van der Waals surface area contributed by atoms with E-state index in [0.717, 1.165) is 24.6 Å². The maximum atomic E-state index is 5.98. The van der Waals surface area contributed by atoms with Crippen LogP contribution < -0.4 is 10.6 Å². The van der Waals surface area contributed by atoms with Crippen molar-refractivity contribution in [2.45, 2.75) is 25.4 Å². The van der Waals surface area contributed by atoms with Crippen LogP contribution in [0.5, 0.6) is 0 Å². The summed E-state index contributed by atoms with van der Waals surface area (Å²) in [6.45, 7) is 5.22. The van der Waals surface area contributed by atoms with Crippen molar-refractivity contribution in [3.8, 4) is 0 Å². The Morgan fingerprint density at radius 2 is 2.10 bits per heavy atom. The van der Waals surface area contributed by atoms with Gasteiger partial charge in [-0.15, -0.1) is 0 Å². The maximum absolute atomic E-state index is 5.98. The molecule has 2 N–H and O–H groups in total. The van der Waals surface area contributed by atoms with Crippen LogP contribution in [0.1, 0.15) is 18.4 Å². The van der Waals surface area contributed by atoms with Gasteiger partial charge in [0.15, 0.2) is 0 Å². The third-order valence-electron chi connectivity index (χ3n) is 4.95. The van der Waals surface area contributed by atoms with Gasteiger partial charge in [-0.3, -0.25) is 9.88 Å². The normalized spacial score (nSPS) is 22.7. The fourth-order valence-electron chi connectivity index (χ4n) is 3.89. The topological polar surface area (TPSA) is 45.4 Å². The highest BCUT2D eigenvalue weighted by atomic mass is 15.3. The van der Waals surface area contributed by atoms with Gasteiger partial charge in [-0.1, -0.05) is 18.2 Å². The minimum atomic E-state index is 0.554. The van der Waals surface area contributed by atoms with Crippen molar-refractivity contribution in [2.24, 2.45) is 5.73 Å². The minimum absolute atomic E-state index is 0.554. The molecule has 0 aliphatic carbocycles. The number of fused-ring (bicyclic) bond motifs is 2. The summed E-state index contributed by atoms with van der Waals surface area (Å²) in [6, 6.07) is 9.13. The second-order valence-electron chi connectivity index (χ2n) is 6.13. The molecule has 2 saturated heterocycles. The number of benzene rings is 1. The number of rotatable bonds is 2. The summed E-state index contributed by atoms with van der Waals surface area (Å²) in [5.41, 5.74) is 9.53. The number of para-hydroxylation sites is 1. The molecule has 2 fully saturated rings. The molecular weight excluding hydrogens is 260 g/mol. The van der Waals surface area contributed by atoms with Gasteiger partial charge in [-0.2, -0.15) is 0 Å². The molecule has 21 heavy (non-hydrogen) atoms. The molecule has 2 aliphatic rings. The Labute approximate surface area is 125 Å². The van der Waals surface area contributed by atoms with E-state index >= 15 is 0 Å². The van der Waals surface area contributed by atoms with Gasteiger partial charge in [0.25, 0.3) is 0 Å². The number of hydrogen-bond donors (Lipinski definition) is 1. The Hall–Kier alpha value is -1.65. The third kappa shape index (κ3) is 2.19. The van der Waals surface area contributed by atoms with E-state index in [2.05, 4.69) is 39.0 Å². The van der Waals surface area contributed by atoms with E-state index in [0.29, 0.717) is 6.54 Å². The van der Waals surface area contributed by atoms with Crippen molar-refractivity contribution < 1.29 is 0 Å². The molecule has 0 bridgehead atoms. The summed E-state index contributed by atoms with van der Waals surface area (Å²) in [4.78, 5) is 9.74. The van der Waals surface area contributed by atoms with Crippen LogP contribution in [0.15, 0.2) is 30.5 Å². The maximum Gasteiger partial charge on any atom is 0.0723 e. The van der Waals surface area contributed by atoms with Crippen LogP contribution in [-0.2, 0) is 6.54 Å². The molecule has 0 spiro atoms. The fourth-order valence-corrected chi connectivity index (χ4v) is 3.89. The molecule has 2 aliphatic heterocycles. The Bertz CT molecular complexity index is 654. The zero-order valence-electron chi connectivity index (χ0n) is 12.3. The summed E-state index contributed by atoms with van der Waals surface area (Å²) < 4.78 is 0. The molecule has 0 amide bonds. The highest BCUT2D eigenvalue weighted by Crippen LogP contribution is 2.32. The van der Waals surface area contributed by atoms with E-state index in [1.54, 1.807) is 0 Å². The molecule has 2 aromatic rings. The molecule has 1 unspecified atom stereocenters. The summed E-state index contributed by atoms with van der Waals surface area (Å²) >= 11 is 0. The molecule has 0 radical (unpaired) electrons. The van der Waals surface area contributed by atoms with E-state index in [-0.39, 0.29) is 0 Å². The van der Waals surface area contributed by atoms with Gasteiger partial charge in [-0.05, 0) is 25.5 Å². The Morgan fingerprint density at radius 3 is 3.00 bits per heavy atom. The number of aromatic nitrogens is 1. The standard InChI is InChI=1S/C17H22N4/c18-10-13-11-19-16-6-2-1-5-15(16)17(13)21-9-8-20-7-3-4-14(20)12-21/h1-2,5-6,11,14H,3-4,7-10,12,18H2. The first-order valence-corrected chi connectivity index (χ1v) is 7.92. The number of anilines is 1. The lowest BCUT2D eigenvalue weighted by atomic mass is 10.1. The first kappa shape index (κ1) is 13.0. The lowest BCUT2D eigenvalue weighted by Crippen LogP contribution is -2.50. The van der Waals surface area contributed by atoms with Crippen molar-refractivity contribution in [3.05, 3.63) is 36.0 Å². The second-order valence-corrected chi connectivity index (χ2v) is 6.13. The predicted molar refractivity (Wildman–Crippen MR) is 86.4 cm³/mol. The smallest absolute Gasteiger partial charge is 0.0723 e. The quantitative estimate of drug-likeness (QED) is 0.915. The van der Waals surface area contributed by atoms with Gasteiger partial charge in [0.1, 0.15) is 0 Å². The minimum Gasteiger partial charge on any atom is -0.368 e. The van der Waals surface area contributed by atoms with Crippen LogP contribution in [0.4, 0.5) is 5.69 Å². The highest BCUT2D eigenvalue weighted by Gasteiger charge is 2.31. The molecular formula is C17H22N4. The molecule has 1 atom stereocenters. The average molecular weight is 282 g/mol. The zero-order chi connectivity index (χ0) is 14.2.